The predicted octanol–water partition coefficient (Wildman–Crippen LogP) is 3.78. The lowest BCUT2D eigenvalue weighted by molar-refractivity contribution is -0.141. The number of thioether (sulfide) groups is 1. The Kier molecular flexibility index (Phi) is 6.55. The fourth-order valence-electron chi connectivity index (χ4n) is 5.99. The number of nitrogens with one attached hydrogen (secondary N) is 2. The van der Waals surface area contributed by atoms with Crippen molar-refractivity contribution in [3.05, 3.63) is 59.6 Å². The number of aliphatic hydroxyl groups excluding tert-OH is 1. The molecule has 2 unspecified atom stereocenters. The van der Waals surface area contributed by atoms with E-state index in [9.17, 15) is 19.5 Å². The molecule has 3 amide bonds. The lowest BCUT2D eigenvalue weighted by atomic mass is 9.70. The highest BCUT2D eigenvalue weighted by Crippen LogP contribution is 2.66. The number of hydrogen-bond donors (Lipinski definition) is 3. The number of hydrogen-bond acceptors (Lipinski definition) is 5. The Morgan fingerprint density at radius 1 is 1.11 bits per heavy atom. The van der Waals surface area contributed by atoms with Crippen LogP contribution in [0.5, 0.6) is 0 Å². The molecule has 0 aliphatic carbocycles. The Hall–Kier alpha value is -2.55. The van der Waals surface area contributed by atoms with Crippen LogP contribution in [0.3, 0.4) is 0 Å². The van der Waals surface area contributed by atoms with Crippen molar-refractivity contribution in [2.45, 2.75) is 48.3 Å². The van der Waals surface area contributed by atoms with Gasteiger partial charge in [-0.2, -0.15) is 0 Å². The largest absolute Gasteiger partial charge is 0.394 e. The normalized spacial score (nSPS) is 29.7. The fourth-order valence-corrected chi connectivity index (χ4v) is 8.32. The molecule has 3 saturated heterocycles. The third-order valence-electron chi connectivity index (χ3n) is 7.52. The van der Waals surface area contributed by atoms with Crippen molar-refractivity contribution in [2.75, 3.05) is 17.2 Å². The van der Waals surface area contributed by atoms with E-state index in [1.807, 2.05) is 37.3 Å². The molecule has 2 aromatic rings. The Labute approximate surface area is 213 Å². The van der Waals surface area contributed by atoms with E-state index in [0.29, 0.717) is 29.2 Å². The van der Waals surface area contributed by atoms with Crippen LogP contribution in [0.25, 0.3) is 0 Å². The highest BCUT2D eigenvalue weighted by atomic mass is 35.5. The van der Waals surface area contributed by atoms with E-state index in [0.717, 1.165) is 6.42 Å². The van der Waals surface area contributed by atoms with E-state index in [4.69, 9.17) is 11.6 Å². The second-order valence-electron chi connectivity index (χ2n) is 9.40. The second-order valence-corrected chi connectivity index (χ2v) is 11.4. The van der Waals surface area contributed by atoms with E-state index in [1.54, 1.807) is 40.9 Å². The first kappa shape index (κ1) is 24.2. The SMILES string of the molecule is CC[C@@H](CO)N1C(=O)[C@@H]2[C@H](C(=O)Nc3ccccc3)[C@@H]3CCC2(S3)C1C(=O)Nc1ccc(Cl)cc1. The van der Waals surface area contributed by atoms with Gasteiger partial charge in [0.1, 0.15) is 6.04 Å². The van der Waals surface area contributed by atoms with E-state index in [-0.39, 0.29) is 29.6 Å². The third kappa shape index (κ3) is 4.01. The lowest BCUT2D eigenvalue weighted by Crippen LogP contribution is -2.54. The number of fused-ring (bicyclic) bond motifs is 1. The number of benzene rings is 2. The first-order chi connectivity index (χ1) is 16.9. The van der Waals surface area contributed by atoms with Crippen LogP contribution in [-0.4, -0.2) is 56.4 Å². The standard InChI is InChI=1S/C26H28ClN3O4S/c1-2-18(14-31)30-22(24(33)29-17-10-8-15(27)9-11-17)26-13-12-19(35-26)20(21(26)25(30)34)23(32)28-16-6-4-3-5-7-16/h3-11,18-22,31H,2,12-14H2,1H3,(H,28,32)(H,29,33)/t18-,19-,20+,21-,22?,26?/m0/s1. The molecule has 0 aromatic heterocycles. The van der Waals surface area contributed by atoms with Crippen LogP contribution in [0.2, 0.25) is 5.02 Å². The highest BCUT2D eigenvalue weighted by Gasteiger charge is 2.74. The summed E-state index contributed by atoms with van der Waals surface area (Å²) in [5.41, 5.74) is 1.26. The molecule has 3 heterocycles. The van der Waals surface area contributed by atoms with Gasteiger partial charge in [-0.05, 0) is 55.7 Å². The predicted molar refractivity (Wildman–Crippen MR) is 137 cm³/mol. The molecule has 184 valence electrons. The van der Waals surface area contributed by atoms with Crippen LogP contribution in [0, 0.1) is 11.8 Å². The van der Waals surface area contributed by atoms with E-state index >= 15 is 0 Å². The number of likely N-dealkylation sites (tertiary alicyclic amines) is 1. The van der Waals surface area contributed by atoms with Gasteiger partial charge < -0.3 is 20.6 Å². The molecule has 9 heteroatoms. The minimum Gasteiger partial charge on any atom is -0.394 e. The number of carbonyl (C=O) groups excluding carboxylic acids is 3. The monoisotopic (exact) mass is 513 g/mol. The molecule has 3 aliphatic heterocycles. The molecular weight excluding hydrogens is 486 g/mol. The van der Waals surface area contributed by atoms with Crippen LogP contribution in [0.1, 0.15) is 26.2 Å². The van der Waals surface area contributed by atoms with Crippen LogP contribution >= 0.6 is 23.4 Å². The zero-order valence-electron chi connectivity index (χ0n) is 19.3. The summed E-state index contributed by atoms with van der Waals surface area (Å²) in [5.74, 6) is -1.85. The maximum atomic E-state index is 13.9. The number of rotatable bonds is 7. The molecule has 3 fully saturated rings. The minimum atomic E-state index is -0.780. The minimum absolute atomic E-state index is 0.0325. The first-order valence-electron chi connectivity index (χ1n) is 11.9. The maximum Gasteiger partial charge on any atom is 0.248 e. The van der Waals surface area contributed by atoms with Crippen molar-refractivity contribution in [1.82, 2.24) is 4.90 Å². The lowest BCUT2D eigenvalue weighted by Gasteiger charge is -2.36. The van der Waals surface area contributed by atoms with Gasteiger partial charge in [0.25, 0.3) is 0 Å². The van der Waals surface area contributed by atoms with Gasteiger partial charge in [0.2, 0.25) is 17.7 Å². The number of carbonyl (C=O) groups is 3. The summed E-state index contributed by atoms with van der Waals surface area (Å²) in [7, 11) is 0. The van der Waals surface area contributed by atoms with Crippen molar-refractivity contribution in [3.63, 3.8) is 0 Å². The molecule has 3 aliphatic rings. The maximum absolute atomic E-state index is 13.9. The molecule has 35 heavy (non-hydrogen) atoms. The summed E-state index contributed by atoms with van der Waals surface area (Å²) in [6.45, 7) is 1.64. The summed E-state index contributed by atoms with van der Waals surface area (Å²) in [6, 6.07) is 14.7. The second kappa shape index (κ2) is 9.48. The summed E-state index contributed by atoms with van der Waals surface area (Å²) < 4.78 is -0.709. The van der Waals surface area contributed by atoms with E-state index < -0.39 is 28.7 Å². The Morgan fingerprint density at radius 3 is 2.43 bits per heavy atom. The molecular formula is C26H28ClN3O4S. The average molecular weight is 514 g/mol. The quantitative estimate of drug-likeness (QED) is 0.523. The van der Waals surface area contributed by atoms with Crippen molar-refractivity contribution in [2.24, 2.45) is 11.8 Å². The molecule has 6 atom stereocenters. The Bertz CT molecular complexity index is 1130. The van der Waals surface area contributed by atoms with Crippen molar-refractivity contribution in [3.8, 4) is 0 Å². The zero-order chi connectivity index (χ0) is 24.7. The number of amides is 3. The van der Waals surface area contributed by atoms with Crippen molar-refractivity contribution >= 4 is 52.5 Å². The van der Waals surface area contributed by atoms with Gasteiger partial charge in [-0.3, -0.25) is 14.4 Å². The molecule has 0 saturated carbocycles. The van der Waals surface area contributed by atoms with E-state index in [2.05, 4.69) is 10.6 Å². The molecule has 5 rings (SSSR count). The average Bonchev–Trinajstić information content (AvgIpc) is 3.50. The Morgan fingerprint density at radius 2 is 1.77 bits per heavy atom. The third-order valence-corrected chi connectivity index (χ3v) is 9.72. The summed E-state index contributed by atoms with van der Waals surface area (Å²) in [4.78, 5) is 42.7. The van der Waals surface area contributed by atoms with Crippen molar-refractivity contribution < 1.29 is 19.5 Å². The van der Waals surface area contributed by atoms with Crippen LogP contribution in [0.4, 0.5) is 11.4 Å². The number of aliphatic hydroxyl groups is 1. The molecule has 2 bridgehead atoms. The summed E-state index contributed by atoms with van der Waals surface area (Å²) >= 11 is 7.59. The smallest absolute Gasteiger partial charge is 0.248 e. The van der Waals surface area contributed by atoms with Crippen LogP contribution < -0.4 is 10.6 Å². The van der Waals surface area contributed by atoms with Gasteiger partial charge in [-0.15, -0.1) is 11.8 Å². The number of anilines is 2. The molecule has 1 spiro atoms. The molecule has 2 aromatic carbocycles. The molecule has 7 nitrogen and oxygen atoms in total. The van der Waals surface area contributed by atoms with Gasteiger partial charge in [0.05, 0.1) is 29.2 Å². The summed E-state index contributed by atoms with van der Waals surface area (Å²) in [6.07, 6.45) is 1.94. The number of halogens is 1. The van der Waals surface area contributed by atoms with Crippen molar-refractivity contribution in [1.29, 1.82) is 0 Å². The van der Waals surface area contributed by atoms with Gasteiger partial charge >= 0.3 is 0 Å². The van der Waals surface area contributed by atoms with Gasteiger partial charge in [-0.1, -0.05) is 36.7 Å². The number of nitrogens with zero attached hydrogens (tertiary/aromatic N) is 1. The van der Waals surface area contributed by atoms with Gasteiger partial charge in [0, 0.05) is 21.6 Å². The molecule has 0 radical (unpaired) electrons. The van der Waals surface area contributed by atoms with Gasteiger partial charge in [0.15, 0.2) is 0 Å². The van der Waals surface area contributed by atoms with Gasteiger partial charge in [-0.25, -0.2) is 0 Å². The first-order valence-corrected chi connectivity index (χ1v) is 13.2. The topological polar surface area (TPSA) is 98.7 Å². The fraction of sp³-hybridized carbons (Fsp3) is 0.423. The molecule has 3 N–H and O–H groups in total. The van der Waals surface area contributed by atoms with E-state index in [1.165, 1.54) is 0 Å². The summed E-state index contributed by atoms with van der Waals surface area (Å²) in [5, 5.41) is 16.5. The zero-order valence-corrected chi connectivity index (χ0v) is 20.9. The Balaban J connectivity index is 1.49. The van der Waals surface area contributed by atoms with Crippen LogP contribution in [-0.2, 0) is 14.4 Å². The highest BCUT2D eigenvalue weighted by molar-refractivity contribution is 8.02. The number of para-hydroxylation sites is 1. The van der Waals surface area contributed by atoms with Crippen LogP contribution in [0.15, 0.2) is 54.6 Å².